The highest BCUT2D eigenvalue weighted by atomic mass is 79.9. The summed E-state index contributed by atoms with van der Waals surface area (Å²) in [6, 6.07) is 14.0. The van der Waals surface area contributed by atoms with Crippen LogP contribution in [0.5, 0.6) is 0 Å². The smallest absolute Gasteiger partial charge is 0.259 e. The molecule has 1 N–H and O–H groups in total. The fraction of sp³-hybridized carbons (Fsp3) is 0.385. The molecule has 7 nitrogen and oxygen atoms in total. The van der Waals surface area contributed by atoms with E-state index in [4.69, 9.17) is 16.3 Å². The monoisotopic (exact) mass is 557 g/mol. The summed E-state index contributed by atoms with van der Waals surface area (Å²) < 4.78 is 8.22. The fourth-order valence-corrected chi connectivity index (χ4v) is 5.68. The number of nitrogens with one attached hydrogen (secondary N) is 1. The predicted octanol–water partition coefficient (Wildman–Crippen LogP) is 5.15. The van der Waals surface area contributed by atoms with E-state index in [9.17, 15) is 4.79 Å². The van der Waals surface area contributed by atoms with Gasteiger partial charge in [-0.15, -0.1) is 0 Å². The van der Waals surface area contributed by atoms with Crippen LogP contribution in [0.3, 0.4) is 0 Å². The van der Waals surface area contributed by atoms with E-state index in [-0.39, 0.29) is 5.91 Å². The van der Waals surface area contributed by atoms with Gasteiger partial charge in [-0.3, -0.25) is 9.69 Å². The fourth-order valence-electron chi connectivity index (χ4n) is 4.93. The molecule has 3 heterocycles. The van der Waals surface area contributed by atoms with Crippen molar-refractivity contribution in [3.63, 3.8) is 0 Å². The Kier molecular flexibility index (Phi) is 7.43. The van der Waals surface area contributed by atoms with Gasteiger partial charge in [0.15, 0.2) is 0 Å². The molecule has 0 unspecified atom stereocenters. The van der Waals surface area contributed by atoms with E-state index in [1.54, 1.807) is 10.9 Å². The van der Waals surface area contributed by atoms with Crippen LogP contribution in [-0.2, 0) is 4.74 Å². The summed E-state index contributed by atoms with van der Waals surface area (Å²) in [7, 11) is 0. The zero-order chi connectivity index (χ0) is 24.4. The number of piperidine rings is 1. The van der Waals surface area contributed by atoms with E-state index in [0.29, 0.717) is 16.6 Å². The Morgan fingerprint density at radius 3 is 2.49 bits per heavy atom. The normalized spacial score (nSPS) is 17.5. The first-order chi connectivity index (χ1) is 17.0. The lowest BCUT2D eigenvalue weighted by Gasteiger charge is -2.41. The first-order valence-electron chi connectivity index (χ1n) is 12.0. The van der Waals surface area contributed by atoms with Crippen LogP contribution in [0.1, 0.15) is 28.9 Å². The van der Waals surface area contributed by atoms with Crippen LogP contribution in [0.4, 0.5) is 11.4 Å². The summed E-state index contributed by atoms with van der Waals surface area (Å²) in [5, 5.41) is 8.07. The summed E-state index contributed by atoms with van der Waals surface area (Å²) in [4.78, 5) is 18.0. The first kappa shape index (κ1) is 24.3. The lowest BCUT2D eigenvalue weighted by atomic mass is 10.0. The molecular weight excluding hydrogens is 530 g/mol. The van der Waals surface area contributed by atoms with Crippen LogP contribution >= 0.6 is 27.5 Å². The molecule has 2 aromatic carbocycles. The van der Waals surface area contributed by atoms with Gasteiger partial charge in [0.25, 0.3) is 5.91 Å². The average Bonchev–Trinajstić information content (AvgIpc) is 3.27. The summed E-state index contributed by atoms with van der Waals surface area (Å²) in [5.41, 5.74) is 4.06. The minimum Gasteiger partial charge on any atom is -0.379 e. The van der Waals surface area contributed by atoms with E-state index >= 15 is 0 Å². The quantitative estimate of drug-likeness (QED) is 0.469. The maximum Gasteiger partial charge on any atom is 0.259 e. The van der Waals surface area contributed by atoms with Crippen LogP contribution in [0.25, 0.3) is 5.69 Å². The van der Waals surface area contributed by atoms with Crippen LogP contribution < -0.4 is 10.2 Å². The highest BCUT2D eigenvalue weighted by Gasteiger charge is 2.26. The molecule has 9 heteroatoms. The molecule has 0 atom stereocenters. The Morgan fingerprint density at radius 2 is 1.80 bits per heavy atom. The molecule has 1 amide bonds. The van der Waals surface area contributed by atoms with Crippen molar-refractivity contribution in [2.45, 2.75) is 25.8 Å². The van der Waals surface area contributed by atoms with E-state index in [2.05, 4.69) is 42.2 Å². The minimum atomic E-state index is -0.186. The maximum atomic E-state index is 13.0. The summed E-state index contributed by atoms with van der Waals surface area (Å²) >= 11 is 9.72. The number of rotatable bonds is 5. The second-order valence-electron chi connectivity index (χ2n) is 9.02. The molecule has 5 rings (SSSR count). The summed E-state index contributed by atoms with van der Waals surface area (Å²) in [6.45, 7) is 7.71. The number of hydrogen-bond acceptors (Lipinski definition) is 5. The Hall–Kier alpha value is -2.39. The van der Waals surface area contributed by atoms with Crippen LogP contribution in [-0.4, -0.2) is 66.0 Å². The molecule has 2 saturated heterocycles. The molecule has 0 radical (unpaired) electrons. The Balaban J connectivity index is 1.22. The Morgan fingerprint density at radius 1 is 1.09 bits per heavy atom. The van der Waals surface area contributed by atoms with Crippen molar-refractivity contribution in [1.82, 2.24) is 14.7 Å². The number of amides is 1. The van der Waals surface area contributed by atoms with Crippen molar-refractivity contribution in [3.05, 3.63) is 69.4 Å². The number of aromatic nitrogens is 2. The zero-order valence-corrected chi connectivity index (χ0v) is 22.1. The third-order valence-corrected chi connectivity index (χ3v) is 7.79. The number of anilines is 2. The number of benzene rings is 2. The molecular formula is C26H29BrClN5O2. The molecule has 2 aliphatic heterocycles. The third-order valence-electron chi connectivity index (χ3n) is 6.90. The number of nitrogens with zero attached hydrogens (tertiary/aromatic N) is 4. The van der Waals surface area contributed by atoms with Gasteiger partial charge < -0.3 is 15.0 Å². The molecule has 0 bridgehead atoms. The van der Waals surface area contributed by atoms with Crippen molar-refractivity contribution in [2.24, 2.45) is 0 Å². The van der Waals surface area contributed by atoms with Crippen LogP contribution in [0, 0.1) is 6.92 Å². The highest BCUT2D eigenvalue weighted by molar-refractivity contribution is 9.10. The van der Waals surface area contributed by atoms with Gasteiger partial charge in [-0.1, -0.05) is 11.6 Å². The molecule has 0 saturated carbocycles. The Bertz CT molecular complexity index is 1180. The van der Waals surface area contributed by atoms with Crippen LogP contribution in [0.15, 0.2) is 53.1 Å². The van der Waals surface area contributed by atoms with Crippen molar-refractivity contribution < 1.29 is 9.53 Å². The van der Waals surface area contributed by atoms with Gasteiger partial charge in [0, 0.05) is 47.4 Å². The number of morpholine rings is 1. The van der Waals surface area contributed by atoms with Crippen molar-refractivity contribution in [2.75, 3.05) is 49.6 Å². The minimum absolute atomic E-state index is 0.186. The molecule has 3 aromatic rings. The number of halogens is 2. The number of carbonyl (C=O) groups is 1. The summed E-state index contributed by atoms with van der Waals surface area (Å²) in [6.07, 6.45) is 3.91. The van der Waals surface area contributed by atoms with Crippen molar-refractivity contribution in [3.8, 4) is 5.69 Å². The van der Waals surface area contributed by atoms with Gasteiger partial charge in [-0.25, -0.2) is 4.68 Å². The molecule has 35 heavy (non-hydrogen) atoms. The lowest BCUT2D eigenvalue weighted by Crippen LogP contribution is -2.49. The topological polar surface area (TPSA) is 62.6 Å². The number of hydrogen-bond donors (Lipinski definition) is 1. The average molecular weight is 559 g/mol. The van der Waals surface area contributed by atoms with E-state index < -0.39 is 0 Å². The second kappa shape index (κ2) is 10.7. The van der Waals surface area contributed by atoms with E-state index in [0.717, 1.165) is 79.5 Å². The maximum absolute atomic E-state index is 13.0. The first-order valence-corrected chi connectivity index (χ1v) is 13.1. The van der Waals surface area contributed by atoms with Gasteiger partial charge in [0.1, 0.15) is 0 Å². The van der Waals surface area contributed by atoms with Gasteiger partial charge >= 0.3 is 0 Å². The van der Waals surface area contributed by atoms with E-state index in [1.165, 1.54) is 0 Å². The van der Waals surface area contributed by atoms with Gasteiger partial charge in [-0.05, 0) is 78.2 Å². The molecule has 1 aromatic heterocycles. The molecule has 2 fully saturated rings. The summed E-state index contributed by atoms with van der Waals surface area (Å²) in [5.74, 6) is -0.186. The molecule has 2 aliphatic rings. The van der Waals surface area contributed by atoms with Crippen molar-refractivity contribution in [1.29, 1.82) is 0 Å². The van der Waals surface area contributed by atoms with Gasteiger partial charge in [0.05, 0.1) is 42.0 Å². The zero-order valence-electron chi connectivity index (χ0n) is 19.7. The van der Waals surface area contributed by atoms with Crippen molar-refractivity contribution >= 4 is 44.8 Å². The lowest BCUT2D eigenvalue weighted by molar-refractivity contribution is 0.0115. The number of carbonyl (C=O) groups excluding carboxylic acids is 1. The highest BCUT2D eigenvalue weighted by Crippen LogP contribution is 2.32. The SMILES string of the molecule is Cc1c(C(=O)Nc2ccc(N3CCC(N4CCOCC4)CC3)c(Br)c2)cnn1-c1ccc(Cl)cc1. The molecule has 0 spiro atoms. The molecule has 0 aliphatic carbocycles. The van der Waals surface area contributed by atoms with E-state index in [1.807, 2.05) is 43.3 Å². The van der Waals surface area contributed by atoms with Gasteiger partial charge in [-0.2, -0.15) is 5.10 Å². The standard InChI is InChI=1S/C26H29BrClN5O2/c1-18-23(17-29-33(18)22-5-2-19(28)3-6-22)26(34)30-20-4-7-25(24(27)16-20)32-10-8-21(9-11-32)31-12-14-35-15-13-31/h2-7,16-17,21H,8-15H2,1H3,(H,30,34). The predicted molar refractivity (Wildman–Crippen MR) is 143 cm³/mol. The van der Waals surface area contributed by atoms with Crippen LogP contribution in [0.2, 0.25) is 5.02 Å². The second-order valence-corrected chi connectivity index (χ2v) is 10.3. The van der Waals surface area contributed by atoms with Gasteiger partial charge in [0.2, 0.25) is 0 Å². The Labute approximate surface area is 219 Å². The number of ether oxygens (including phenoxy) is 1. The largest absolute Gasteiger partial charge is 0.379 e. The molecule has 184 valence electrons. The third kappa shape index (κ3) is 5.40.